The van der Waals surface area contributed by atoms with E-state index in [2.05, 4.69) is 10.6 Å². The van der Waals surface area contributed by atoms with Gasteiger partial charge >= 0.3 is 6.03 Å². The third kappa shape index (κ3) is 4.08. The predicted molar refractivity (Wildman–Crippen MR) is 63.5 cm³/mol. The number of amides is 2. The Balaban J connectivity index is 2.52. The molecule has 16 heavy (non-hydrogen) atoms. The smallest absolute Gasteiger partial charge is 0.315 e. The number of nitrogens with one attached hydrogen (secondary N) is 2. The van der Waals surface area contributed by atoms with Gasteiger partial charge in [0.05, 0.1) is 12.6 Å². The zero-order valence-corrected chi connectivity index (χ0v) is 9.79. The van der Waals surface area contributed by atoms with Gasteiger partial charge in [0.15, 0.2) is 0 Å². The van der Waals surface area contributed by atoms with Gasteiger partial charge < -0.3 is 15.7 Å². The maximum atomic E-state index is 11.3. The summed E-state index contributed by atoms with van der Waals surface area (Å²) in [6, 6.07) is 6.88. The Hall–Kier alpha value is -1.26. The Kier molecular flexibility index (Phi) is 5.08. The Morgan fingerprint density at radius 2 is 2.31 bits per heavy atom. The van der Waals surface area contributed by atoms with E-state index in [4.69, 9.17) is 16.7 Å². The average Bonchev–Trinajstić information content (AvgIpc) is 2.26. The Bertz CT molecular complexity index is 358. The number of hydrogen-bond donors (Lipinski definition) is 3. The minimum atomic E-state index is -0.304. The summed E-state index contributed by atoms with van der Waals surface area (Å²) >= 11 is 5.85. The molecule has 0 bridgehead atoms. The van der Waals surface area contributed by atoms with Gasteiger partial charge in [-0.2, -0.15) is 0 Å². The van der Waals surface area contributed by atoms with E-state index in [1.54, 1.807) is 12.1 Å². The molecule has 0 fully saturated rings. The molecule has 0 aromatic heterocycles. The third-order valence-electron chi connectivity index (χ3n) is 2.09. The minimum absolute atomic E-state index is 0.0705. The monoisotopic (exact) mass is 242 g/mol. The lowest BCUT2D eigenvalue weighted by atomic mass is 10.1. The van der Waals surface area contributed by atoms with Crippen molar-refractivity contribution in [1.29, 1.82) is 0 Å². The molecule has 0 saturated carbocycles. The van der Waals surface area contributed by atoms with Crippen LogP contribution in [0.2, 0.25) is 5.02 Å². The number of aliphatic hydroxyl groups is 1. The van der Waals surface area contributed by atoms with Crippen molar-refractivity contribution in [2.24, 2.45) is 0 Å². The molecule has 0 spiro atoms. The maximum Gasteiger partial charge on any atom is 0.315 e. The van der Waals surface area contributed by atoms with Gasteiger partial charge in [-0.25, -0.2) is 4.79 Å². The normalized spacial score (nSPS) is 11.9. The van der Waals surface area contributed by atoms with Crippen LogP contribution in [0.4, 0.5) is 4.79 Å². The molecule has 1 rings (SSSR count). The third-order valence-corrected chi connectivity index (χ3v) is 2.33. The van der Waals surface area contributed by atoms with E-state index >= 15 is 0 Å². The topological polar surface area (TPSA) is 61.4 Å². The molecule has 2 amide bonds. The van der Waals surface area contributed by atoms with Crippen molar-refractivity contribution < 1.29 is 9.90 Å². The molecule has 0 aliphatic carbocycles. The number of carbonyl (C=O) groups is 1. The number of urea groups is 1. The van der Waals surface area contributed by atoms with E-state index in [9.17, 15) is 4.79 Å². The van der Waals surface area contributed by atoms with E-state index in [1.807, 2.05) is 19.1 Å². The second kappa shape index (κ2) is 6.35. The zero-order valence-electron chi connectivity index (χ0n) is 9.03. The van der Waals surface area contributed by atoms with Crippen LogP contribution >= 0.6 is 11.6 Å². The molecule has 0 radical (unpaired) electrons. The van der Waals surface area contributed by atoms with Crippen molar-refractivity contribution >= 4 is 17.6 Å². The van der Waals surface area contributed by atoms with Crippen LogP contribution in [0.5, 0.6) is 0 Å². The summed E-state index contributed by atoms with van der Waals surface area (Å²) in [6.07, 6.45) is 0. The average molecular weight is 243 g/mol. The number of hydrogen-bond acceptors (Lipinski definition) is 2. The molecule has 4 nitrogen and oxygen atoms in total. The number of rotatable bonds is 4. The van der Waals surface area contributed by atoms with Crippen molar-refractivity contribution in [3.05, 3.63) is 34.9 Å². The van der Waals surface area contributed by atoms with Gasteiger partial charge in [0.25, 0.3) is 0 Å². The van der Waals surface area contributed by atoms with Crippen LogP contribution < -0.4 is 10.6 Å². The van der Waals surface area contributed by atoms with Gasteiger partial charge in [-0.1, -0.05) is 23.7 Å². The van der Waals surface area contributed by atoms with Crippen LogP contribution in [0.25, 0.3) is 0 Å². The van der Waals surface area contributed by atoms with Crippen LogP contribution in [-0.2, 0) is 0 Å². The molecule has 0 heterocycles. The van der Waals surface area contributed by atoms with Gasteiger partial charge in [0.2, 0.25) is 0 Å². The van der Waals surface area contributed by atoms with Gasteiger partial charge in [0.1, 0.15) is 0 Å². The molecular weight excluding hydrogens is 228 g/mol. The maximum absolute atomic E-state index is 11.3. The molecule has 1 aromatic carbocycles. The fourth-order valence-electron chi connectivity index (χ4n) is 1.28. The van der Waals surface area contributed by atoms with E-state index < -0.39 is 0 Å². The molecule has 1 atom stereocenters. The first-order valence-electron chi connectivity index (χ1n) is 5.04. The van der Waals surface area contributed by atoms with Crippen molar-refractivity contribution in [3.8, 4) is 0 Å². The fourth-order valence-corrected chi connectivity index (χ4v) is 1.48. The molecule has 5 heteroatoms. The Labute approximate surface area is 99.6 Å². The first-order valence-corrected chi connectivity index (χ1v) is 5.42. The molecule has 0 aliphatic heterocycles. The molecule has 1 unspecified atom stereocenters. The van der Waals surface area contributed by atoms with E-state index in [0.29, 0.717) is 5.02 Å². The highest BCUT2D eigenvalue weighted by atomic mass is 35.5. The highest BCUT2D eigenvalue weighted by molar-refractivity contribution is 6.30. The first kappa shape index (κ1) is 12.8. The largest absolute Gasteiger partial charge is 0.395 e. The van der Waals surface area contributed by atoms with Crippen LogP contribution in [0.15, 0.2) is 24.3 Å². The second-order valence-electron chi connectivity index (χ2n) is 3.40. The summed E-state index contributed by atoms with van der Waals surface area (Å²) in [6.45, 7) is 2.04. The van der Waals surface area contributed by atoms with E-state index in [-0.39, 0.29) is 25.2 Å². The zero-order chi connectivity index (χ0) is 12.0. The fraction of sp³-hybridized carbons (Fsp3) is 0.364. The minimum Gasteiger partial charge on any atom is -0.395 e. The van der Waals surface area contributed by atoms with Gasteiger partial charge in [-0.05, 0) is 24.6 Å². The molecular formula is C11H15ClN2O2. The van der Waals surface area contributed by atoms with Crippen LogP contribution in [0, 0.1) is 0 Å². The molecule has 3 N–H and O–H groups in total. The summed E-state index contributed by atoms with van der Waals surface area (Å²) in [5, 5.41) is 14.4. The number of carbonyl (C=O) groups excluding carboxylic acids is 1. The van der Waals surface area contributed by atoms with Crippen LogP contribution in [0.1, 0.15) is 18.5 Å². The lowest BCUT2D eigenvalue weighted by Gasteiger charge is -2.14. The summed E-state index contributed by atoms with van der Waals surface area (Å²) in [5.74, 6) is 0. The molecule has 88 valence electrons. The summed E-state index contributed by atoms with van der Waals surface area (Å²) < 4.78 is 0. The highest BCUT2D eigenvalue weighted by Crippen LogP contribution is 2.16. The van der Waals surface area contributed by atoms with Crippen molar-refractivity contribution in [3.63, 3.8) is 0 Å². The summed E-state index contributed by atoms with van der Waals surface area (Å²) in [5.41, 5.74) is 0.937. The highest BCUT2D eigenvalue weighted by Gasteiger charge is 2.08. The molecule has 1 aromatic rings. The molecule has 0 aliphatic rings. The Morgan fingerprint density at radius 1 is 1.56 bits per heavy atom. The van der Waals surface area contributed by atoms with E-state index in [1.165, 1.54) is 0 Å². The van der Waals surface area contributed by atoms with Crippen molar-refractivity contribution in [2.75, 3.05) is 13.2 Å². The van der Waals surface area contributed by atoms with Crippen LogP contribution in [-0.4, -0.2) is 24.3 Å². The summed E-state index contributed by atoms with van der Waals surface area (Å²) in [4.78, 5) is 11.3. The second-order valence-corrected chi connectivity index (χ2v) is 3.84. The number of halogens is 1. The van der Waals surface area contributed by atoms with Crippen molar-refractivity contribution in [1.82, 2.24) is 10.6 Å². The van der Waals surface area contributed by atoms with Gasteiger partial charge in [-0.15, -0.1) is 0 Å². The standard InChI is InChI=1S/C11H15ClN2O2/c1-8(14-11(16)13-5-6-15)9-3-2-4-10(12)7-9/h2-4,7-8,15H,5-6H2,1H3,(H2,13,14,16). The van der Waals surface area contributed by atoms with Gasteiger partial charge in [0, 0.05) is 11.6 Å². The number of benzene rings is 1. The van der Waals surface area contributed by atoms with Crippen LogP contribution in [0.3, 0.4) is 0 Å². The van der Waals surface area contributed by atoms with Crippen molar-refractivity contribution in [2.45, 2.75) is 13.0 Å². The predicted octanol–water partition coefficient (Wildman–Crippen LogP) is 1.69. The lowest BCUT2D eigenvalue weighted by Crippen LogP contribution is -2.38. The Morgan fingerprint density at radius 3 is 2.94 bits per heavy atom. The molecule has 0 saturated heterocycles. The first-order chi connectivity index (χ1) is 7.63. The lowest BCUT2D eigenvalue weighted by molar-refractivity contribution is 0.231. The van der Waals surface area contributed by atoms with E-state index in [0.717, 1.165) is 5.56 Å². The van der Waals surface area contributed by atoms with Gasteiger partial charge in [-0.3, -0.25) is 0 Å². The SMILES string of the molecule is CC(NC(=O)NCCO)c1cccc(Cl)c1. The number of aliphatic hydroxyl groups excluding tert-OH is 1. The summed E-state index contributed by atoms with van der Waals surface area (Å²) in [7, 11) is 0. The quantitative estimate of drug-likeness (QED) is 0.753.